The van der Waals surface area contributed by atoms with E-state index in [0.29, 0.717) is 48.3 Å². The van der Waals surface area contributed by atoms with Gasteiger partial charge in [-0.25, -0.2) is 4.39 Å². The van der Waals surface area contributed by atoms with Gasteiger partial charge in [0, 0.05) is 19.2 Å². The molecule has 0 aromatic heterocycles. The van der Waals surface area contributed by atoms with Gasteiger partial charge in [-0.2, -0.15) is 0 Å². The first-order valence-corrected chi connectivity index (χ1v) is 9.43. The predicted molar refractivity (Wildman–Crippen MR) is 105 cm³/mol. The van der Waals surface area contributed by atoms with Crippen LogP contribution in [0.1, 0.15) is 36.2 Å². The zero-order valence-corrected chi connectivity index (χ0v) is 16.7. The first-order valence-electron chi connectivity index (χ1n) is 9.05. The summed E-state index contributed by atoms with van der Waals surface area (Å²) in [6.45, 7) is 5.32. The lowest BCUT2D eigenvalue weighted by Gasteiger charge is -2.19. The Morgan fingerprint density at radius 1 is 1.15 bits per heavy atom. The fourth-order valence-electron chi connectivity index (χ4n) is 2.57. The van der Waals surface area contributed by atoms with Crippen LogP contribution in [0.4, 0.5) is 4.39 Å². The molecule has 0 atom stereocenters. The lowest BCUT2D eigenvalue weighted by Crippen LogP contribution is -2.29. The van der Waals surface area contributed by atoms with Crippen LogP contribution in [0.3, 0.4) is 0 Å². The maximum atomic E-state index is 13.0. The number of hydrogen-bond acceptors (Lipinski definition) is 3. The van der Waals surface area contributed by atoms with Crippen LogP contribution in [0, 0.1) is 5.82 Å². The molecule has 2 aromatic carbocycles. The monoisotopic (exact) mass is 393 g/mol. The molecular formula is C21H25ClFNO3. The summed E-state index contributed by atoms with van der Waals surface area (Å²) in [6, 6.07) is 9.54. The summed E-state index contributed by atoms with van der Waals surface area (Å²) in [5.41, 5.74) is 1.40. The van der Waals surface area contributed by atoms with E-state index in [9.17, 15) is 9.18 Å². The minimum Gasteiger partial charge on any atom is -0.490 e. The molecule has 0 saturated carbocycles. The van der Waals surface area contributed by atoms with Crippen molar-refractivity contribution in [2.24, 2.45) is 0 Å². The third-order valence-electron chi connectivity index (χ3n) is 4.00. The Morgan fingerprint density at radius 3 is 2.48 bits per heavy atom. The molecule has 0 aliphatic carbocycles. The summed E-state index contributed by atoms with van der Waals surface area (Å²) in [7, 11) is 1.72. The van der Waals surface area contributed by atoms with Crippen molar-refractivity contribution in [3.63, 3.8) is 0 Å². The molecule has 27 heavy (non-hydrogen) atoms. The second kappa shape index (κ2) is 10.2. The van der Waals surface area contributed by atoms with Gasteiger partial charge in [-0.3, -0.25) is 4.79 Å². The quantitative estimate of drug-likeness (QED) is 0.603. The molecule has 2 rings (SSSR count). The standard InChI is InChI=1S/C21H25ClFNO3/c1-4-12-27-20-18(22)13-16(14-19(20)26-5-2)21(25)24(3)11-10-15-6-8-17(23)9-7-15/h6-9,13-14H,4-5,10-12H2,1-3H3. The van der Waals surface area contributed by atoms with Crippen LogP contribution in [0.5, 0.6) is 11.5 Å². The molecule has 0 aliphatic heterocycles. The maximum Gasteiger partial charge on any atom is 0.253 e. The zero-order chi connectivity index (χ0) is 19.8. The lowest BCUT2D eigenvalue weighted by molar-refractivity contribution is 0.0796. The van der Waals surface area contributed by atoms with Crippen molar-refractivity contribution in [1.29, 1.82) is 0 Å². The highest BCUT2D eigenvalue weighted by Crippen LogP contribution is 2.37. The van der Waals surface area contributed by atoms with E-state index in [-0.39, 0.29) is 11.7 Å². The smallest absolute Gasteiger partial charge is 0.253 e. The fraction of sp³-hybridized carbons (Fsp3) is 0.381. The second-order valence-corrected chi connectivity index (χ2v) is 6.58. The molecule has 0 saturated heterocycles. The normalized spacial score (nSPS) is 10.6. The Labute approximate surface area is 164 Å². The van der Waals surface area contributed by atoms with Crippen LogP contribution in [-0.4, -0.2) is 37.6 Å². The van der Waals surface area contributed by atoms with Crippen LogP contribution in [0.2, 0.25) is 5.02 Å². The number of halogens is 2. The SMILES string of the molecule is CCCOc1c(Cl)cc(C(=O)N(C)CCc2ccc(F)cc2)cc1OCC. The Morgan fingerprint density at radius 2 is 1.85 bits per heavy atom. The third kappa shape index (κ3) is 5.86. The molecule has 2 aromatic rings. The Balaban J connectivity index is 2.12. The minimum absolute atomic E-state index is 0.165. The molecule has 0 heterocycles. The topological polar surface area (TPSA) is 38.8 Å². The van der Waals surface area contributed by atoms with Gasteiger partial charge in [-0.05, 0) is 49.6 Å². The highest BCUT2D eigenvalue weighted by Gasteiger charge is 2.18. The van der Waals surface area contributed by atoms with E-state index in [0.717, 1.165) is 12.0 Å². The number of hydrogen-bond donors (Lipinski definition) is 0. The van der Waals surface area contributed by atoms with E-state index in [2.05, 4.69) is 0 Å². The van der Waals surface area contributed by atoms with E-state index in [1.54, 1.807) is 36.2 Å². The largest absolute Gasteiger partial charge is 0.490 e. The van der Waals surface area contributed by atoms with E-state index >= 15 is 0 Å². The molecule has 0 radical (unpaired) electrons. The number of ether oxygens (including phenoxy) is 2. The van der Waals surface area contributed by atoms with Gasteiger partial charge in [0.25, 0.3) is 5.91 Å². The molecule has 4 nitrogen and oxygen atoms in total. The summed E-state index contributed by atoms with van der Waals surface area (Å²) in [6.07, 6.45) is 1.47. The highest BCUT2D eigenvalue weighted by molar-refractivity contribution is 6.32. The molecule has 0 spiro atoms. The van der Waals surface area contributed by atoms with Gasteiger partial charge in [0.1, 0.15) is 5.82 Å². The number of carbonyl (C=O) groups excluding carboxylic acids is 1. The van der Waals surface area contributed by atoms with E-state index in [4.69, 9.17) is 21.1 Å². The molecule has 0 aliphatic rings. The molecule has 0 N–H and O–H groups in total. The highest BCUT2D eigenvalue weighted by atomic mass is 35.5. The molecule has 6 heteroatoms. The summed E-state index contributed by atoms with van der Waals surface area (Å²) < 4.78 is 24.3. The summed E-state index contributed by atoms with van der Waals surface area (Å²) in [5.74, 6) is 0.494. The van der Waals surface area contributed by atoms with Crippen molar-refractivity contribution < 1.29 is 18.7 Å². The van der Waals surface area contributed by atoms with E-state index in [1.807, 2.05) is 13.8 Å². The Kier molecular flexibility index (Phi) is 7.92. The zero-order valence-electron chi connectivity index (χ0n) is 15.9. The summed E-state index contributed by atoms with van der Waals surface area (Å²) in [4.78, 5) is 14.4. The first-order chi connectivity index (χ1) is 13.0. The van der Waals surface area contributed by atoms with Crippen molar-refractivity contribution in [1.82, 2.24) is 4.90 Å². The van der Waals surface area contributed by atoms with Crippen LogP contribution in [0.15, 0.2) is 36.4 Å². The molecular weight excluding hydrogens is 369 g/mol. The van der Waals surface area contributed by atoms with Crippen molar-refractivity contribution in [2.45, 2.75) is 26.7 Å². The third-order valence-corrected chi connectivity index (χ3v) is 4.28. The number of likely N-dealkylation sites (N-methyl/N-ethyl adjacent to an activating group) is 1. The van der Waals surface area contributed by atoms with Gasteiger partial charge < -0.3 is 14.4 Å². The predicted octanol–water partition coefficient (Wildman–Crippen LogP) is 4.98. The van der Waals surface area contributed by atoms with Gasteiger partial charge in [0.15, 0.2) is 11.5 Å². The maximum absolute atomic E-state index is 13.0. The molecule has 146 valence electrons. The number of carbonyl (C=O) groups is 1. The lowest BCUT2D eigenvalue weighted by atomic mass is 10.1. The van der Waals surface area contributed by atoms with Crippen molar-refractivity contribution in [3.05, 3.63) is 58.4 Å². The molecule has 0 bridgehead atoms. The van der Waals surface area contributed by atoms with Gasteiger partial charge >= 0.3 is 0 Å². The number of nitrogens with zero attached hydrogens (tertiary/aromatic N) is 1. The number of amides is 1. The fourth-order valence-corrected chi connectivity index (χ4v) is 2.83. The van der Waals surface area contributed by atoms with Gasteiger partial charge in [-0.1, -0.05) is 30.7 Å². The molecule has 0 fully saturated rings. The average molecular weight is 394 g/mol. The Hall–Kier alpha value is -2.27. The Bertz CT molecular complexity index is 765. The van der Waals surface area contributed by atoms with Gasteiger partial charge in [0.05, 0.1) is 18.2 Å². The number of rotatable bonds is 9. The van der Waals surface area contributed by atoms with Gasteiger partial charge in [0.2, 0.25) is 0 Å². The molecule has 0 unspecified atom stereocenters. The first kappa shape index (κ1) is 21.0. The van der Waals surface area contributed by atoms with Crippen LogP contribution < -0.4 is 9.47 Å². The van der Waals surface area contributed by atoms with Crippen molar-refractivity contribution in [3.8, 4) is 11.5 Å². The number of benzene rings is 2. The van der Waals surface area contributed by atoms with Crippen LogP contribution in [0.25, 0.3) is 0 Å². The van der Waals surface area contributed by atoms with E-state index in [1.165, 1.54) is 12.1 Å². The molecule has 1 amide bonds. The van der Waals surface area contributed by atoms with Crippen LogP contribution in [-0.2, 0) is 6.42 Å². The van der Waals surface area contributed by atoms with Crippen molar-refractivity contribution >= 4 is 17.5 Å². The minimum atomic E-state index is -0.272. The second-order valence-electron chi connectivity index (χ2n) is 6.17. The summed E-state index contributed by atoms with van der Waals surface area (Å²) in [5, 5.41) is 0.352. The van der Waals surface area contributed by atoms with Gasteiger partial charge in [-0.15, -0.1) is 0 Å². The average Bonchev–Trinajstić information content (AvgIpc) is 2.66. The summed E-state index contributed by atoms with van der Waals surface area (Å²) >= 11 is 6.33. The van der Waals surface area contributed by atoms with E-state index < -0.39 is 0 Å². The van der Waals surface area contributed by atoms with Crippen LogP contribution >= 0.6 is 11.6 Å². The van der Waals surface area contributed by atoms with Crippen molar-refractivity contribution in [2.75, 3.05) is 26.8 Å².